The van der Waals surface area contributed by atoms with E-state index in [0.29, 0.717) is 62.1 Å². The molecule has 4 saturated carbocycles. The molecule has 0 radical (unpaired) electrons. The number of rotatable bonds is 18. The Bertz CT molecular complexity index is 1830. The molecule has 58 heavy (non-hydrogen) atoms. The van der Waals surface area contributed by atoms with E-state index in [1.54, 1.807) is 47.1 Å². The van der Waals surface area contributed by atoms with E-state index in [2.05, 4.69) is 24.5 Å². The van der Waals surface area contributed by atoms with Crippen LogP contribution in [-0.2, 0) is 41.4 Å². The molecule has 2 aromatic rings. The van der Waals surface area contributed by atoms with Gasteiger partial charge in [0, 0.05) is 31.3 Å². The Labute approximate surface area is 342 Å². The number of alkyl carbamates (subject to hydrolysis) is 1. The maximum absolute atomic E-state index is 13.1. The molecular weight excluding hydrogens is 744 g/mol. The fraction of sp³-hybridized carbons (Fsp3) is 0.644. The largest absolute Gasteiger partial charge is 0.493 e. The monoisotopic (exact) mass is 806 g/mol. The number of carbonyl (C=O) groups excluding carboxylic acids is 4. The number of hydrogen-bond donors (Lipinski definition) is 2. The first-order valence-electron chi connectivity index (χ1n) is 20.6. The maximum Gasteiger partial charge on any atom is 0.410 e. The molecule has 5 fully saturated rings. The van der Waals surface area contributed by atoms with Crippen molar-refractivity contribution < 1.29 is 52.3 Å². The van der Waals surface area contributed by atoms with Gasteiger partial charge in [-0.2, -0.15) is 0 Å². The first kappa shape index (κ1) is 43.1. The predicted octanol–water partition coefficient (Wildman–Crippen LogP) is 6.95. The third-order valence-electron chi connectivity index (χ3n) is 12.6. The first-order valence-corrected chi connectivity index (χ1v) is 20.6. The molecule has 3 unspecified atom stereocenters. The Kier molecular flexibility index (Phi) is 12.9. The molecule has 0 aromatic heterocycles. The second-order valence-corrected chi connectivity index (χ2v) is 18.6. The quantitative estimate of drug-likeness (QED) is 0.0693. The van der Waals surface area contributed by atoms with Crippen molar-refractivity contribution in [2.24, 2.45) is 34.0 Å². The second kappa shape index (κ2) is 17.4. The fourth-order valence-electron chi connectivity index (χ4n) is 10.9. The van der Waals surface area contributed by atoms with Crippen LogP contribution in [0, 0.1) is 34.0 Å². The van der Waals surface area contributed by atoms with Crippen LogP contribution in [0.5, 0.6) is 23.0 Å². The summed E-state index contributed by atoms with van der Waals surface area (Å²) < 4.78 is 38.5. The minimum absolute atomic E-state index is 0.0293. The molecule has 1 amide bonds. The molecule has 5 aliphatic rings. The Hall–Kier alpha value is -4.52. The molecule has 5 atom stereocenters. The van der Waals surface area contributed by atoms with E-state index in [-0.39, 0.29) is 46.3 Å². The lowest BCUT2D eigenvalue weighted by molar-refractivity contribution is -0.176. The van der Waals surface area contributed by atoms with E-state index in [1.165, 1.54) is 26.4 Å². The van der Waals surface area contributed by atoms with Crippen molar-refractivity contribution in [3.63, 3.8) is 0 Å². The number of hydrogen-bond acceptors (Lipinski definition) is 12. The molecule has 13 nitrogen and oxygen atoms in total. The van der Waals surface area contributed by atoms with Crippen molar-refractivity contribution in [2.45, 2.75) is 111 Å². The number of carbonyl (C=O) groups is 4. The average Bonchev–Trinajstić information content (AvgIpc) is 3.47. The SMILES string of the molecule is COc1ccc(C[C@H]2COC(=O)[C@@H]2Cc2ccc(OC(=O)CCCNCC(C)(C)C(=O)OC(C)OC(=O)NC34CC5CC(C)(CC(C)(C5)C3)C4)c(OC)c2)cc1OC. The number of ether oxygens (including phenoxy) is 7. The van der Waals surface area contributed by atoms with E-state index in [4.69, 9.17) is 33.2 Å². The van der Waals surface area contributed by atoms with Gasteiger partial charge in [-0.1, -0.05) is 26.0 Å². The highest BCUT2D eigenvalue weighted by Crippen LogP contribution is 2.66. The summed E-state index contributed by atoms with van der Waals surface area (Å²) in [5.41, 5.74) is 1.19. The van der Waals surface area contributed by atoms with Gasteiger partial charge in [-0.3, -0.25) is 14.4 Å². The zero-order valence-corrected chi connectivity index (χ0v) is 35.5. The van der Waals surface area contributed by atoms with Crippen molar-refractivity contribution in [3.8, 4) is 23.0 Å². The van der Waals surface area contributed by atoms with Gasteiger partial charge in [0.05, 0.1) is 39.3 Å². The maximum atomic E-state index is 13.1. The number of esters is 3. The average molecular weight is 807 g/mol. The minimum atomic E-state index is -1.04. The van der Waals surface area contributed by atoms with Gasteiger partial charge in [-0.25, -0.2) is 4.79 Å². The number of benzene rings is 2. The fourth-order valence-corrected chi connectivity index (χ4v) is 10.9. The minimum Gasteiger partial charge on any atom is -0.493 e. The van der Waals surface area contributed by atoms with Gasteiger partial charge < -0.3 is 43.8 Å². The Balaban J connectivity index is 0.905. The summed E-state index contributed by atoms with van der Waals surface area (Å²) in [5.74, 6) is 1.02. The first-order chi connectivity index (χ1) is 27.5. The van der Waals surface area contributed by atoms with Crippen LogP contribution < -0.4 is 29.6 Å². The molecule has 13 heteroatoms. The van der Waals surface area contributed by atoms with E-state index in [1.807, 2.05) is 24.3 Å². The van der Waals surface area contributed by atoms with Crippen LogP contribution in [0.1, 0.15) is 97.1 Å². The lowest BCUT2D eigenvalue weighted by atomic mass is 9.43. The van der Waals surface area contributed by atoms with Crippen LogP contribution >= 0.6 is 0 Å². The number of nitrogens with one attached hydrogen (secondary N) is 2. The van der Waals surface area contributed by atoms with Crippen LogP contribution in [0.25, 0.3) is 0 Å². The molecule has 1 heterocycles. The van der Waals surface area contributed by atoms with Crippen molar-refractivity contribution in [3.05, 3.63) is 47.5 Å². The molecule has 2 N–H and O–H groups in total. The van der Waals surface area contributed by atoms with E-state index in [9.17, 15) is 19.2 Å². The number of cyclic esters (lactones) is 1. The van der Waals surface area contributed by atoms with Gasteiger partial charge in [-0.05, 0) is 130 Å². The molecule has 1 saturated heterocycles. The molecule has 4 bridgehead atoms. The van der Waals surface area contributed by atoms with Gasteiger partial charge in [0.15, 0.2) is 23.0 Å². The summed E-state index contributed by atoms with van der Waals surface area (Å²) in [6.07, 6.45) is 6.64. The van der Waals surface area contributed by atoms with Crippen LogP contribution in [-0.4, -0.2) is 76.9 Å². The normalized spacial score (nSPS) is 27.7. The van der Waals surface area contributed by atoms with Crippen molar-refractivity contribution in [1.29, 1.82) is 0 Å². The highest BCUT2D eigenvalue weighted by Gasteiger charge is 2.60. The molecule has 4 aliphatic carbocycles. The highest BCUT2D eigenvalue weighted by molar-refractivity contribution is 5.77. The van der Waals surface area contributed by atoms with Crippen molar-refractivity contribution >= 4 is 24.0 Å². The molecule has 318 valence electrons. The third kappa shape index (κ3) is 10.2. The molecule has 1 aliphatic heterocycles. The van der Waals surface area contributed by atoms with Gasteiger partial charge >= 0.3 is 24.0 Å². The van der Waals surface area contributed by atoms with Crippen LogP contribution in [0.2, 0.25) is 0 Å². The zero-order chi connectivity index (χ0) is 41.9. The Morgan fingerprint density at radius 3 is 2.10 bits per heavy atom. The molecule has 7 rings (SSSR count). The van der Waals surface area contributed by atoms with Gasteiger partial charge in [-0.15, -0.1) is 0 Å². The van der Waals surface area contributed by atoms with E-state index >= 15 is 0 Å². The number of amides is 1. The lowest BCUT2D eigenvalue weighted by Crippen LogP contribution is -2.65. The summed E-state index contributed by atoms with van der Waals surface area (Å²) in [5, 5.41) is 6.42. The van der Waals surface area contributed by atoms with Crippen LogP contribution in [0.4, 0.5) is 4.79 Å². The molecule has 2 aromatic carbocycles. The van der Waals surface area contributed by atoms with Gasteiger partial charge in [0.1, 0.15) is 0 Å². The topological polar surface area (TPSA) is 157 Å². The summed E-state index contributed by atoms with van der Waals surface area (Å²) in [7, 11) is 4.68. The number of methoxy groups -OCH3 is 3. The van der Waals surface area contributed by atoms with Crippen LogP contribution in [0.3, 0.4) is 0 Å². The smallest absolute Gasteiger partial charge is 0.410 e. The van der Waals surface area contributed by atoms with Crippen molar-refractivity contribution in [2.75, 3.05) is 41.0 Å². The third-order valence-corrected chi connectivity index (χ3v) is 12.6. The van der Waals surface area contributed by atoms with Crippen molar-refractivity contribution in [1.82, 2.24) is 10.6 Å². The lowest BCUT2D eigenvalue weighted by Gasteiger charge is -2.65. The summed E-state index contributed by atoms with van der Waals surface area (Å²) in [4.78, 5) is 51.6. The second-order valence-electron chi connectivity index (χ2n) is 18.6. The Morgan fingerprint density at radius 2 is 1.47 bits per heavy atom. The van der Waals surface area contributed by atoms with Gasteiger partial charge in [0.25, 0.3) is 0 Å². The van der Waals surface area contributed by atoms with Gasteiger partial charge in [0.2, 0.25) is 6.29 Å². The Morgan fingerprint density at radius 1 is 0.845 bits per heavy atom. The van der Waals surface area contributed by atoms with E-state index in [0.717, 1.165) is 30.4 Å². The zero-order valence-electron chi connectivity index (χ0n) is 35.5. The summed E-state index contributed by atoms with van der Waals surface area (Å²) in [6.45, 7) is 10.8. The molecule has 0 spiro atoms. The summed E-state index contributed by atoms with van der Waals surface area (Å²) in [6, 6.07) is 11.0. The van der Waals surface area contributed by atoms with Crippen LogP contribution in [0.15, 0.2) is 36.4 Å². The summed E-state index contributed by atoms with van der Waals surface area (Å²) >= 11 is 0. The standard InChI is InChI=1S/C45H62N2O11/c1-28(57-41(51)47-45-22-31-20-43(4,25-45)24-44(5,21-31)26-45)56-40(50)42(2,3)27-46-15-9-10-38(48)58-35-14-12-30(19-37(35)54-8)17-33-32(23-55-39(33)49)16-29-11-13-34(52-6)36(18-29)53-7/h11-14,18-19,28,31-33,46H,9-10,15-17,20-27H2,1-8H3,(H,47,51)/t28?,31?,32-,33+,43?,44?,45?/m0/s1. The highest BCUT2D eigenvalue weighted by atomic mass is 16.7. The molecular formula is C45H62N2O11. The predicted molar refractivity (Wildman–Crippen MR) is 215 cm³/mol. The van der Waals surface area contributed by atoms with E-state index < -0.39 is 29.7 Å².